The number of aromatic amines is 1. The number of pyridine rings is 2. The Bertz CT molecular complexity index is 1670. The Morgan fingerprint density at radius 2 is 1.91 bits per heavy atom. The van der Waals surface area contributed by atoms with Crippen molar-refractivity contribution in [2.24, 2.45) is 0 Å². The number of anilines is 1. The van der Waals surface area contributed by atoms with Crippen LogP contribution in [0.15, 0.2) is 64.4 Å². The minimum atomic E-state index is -3.85. The SMILES string of the molecule is CN(C)S(=O)(=O)c1cc2c(c3ncccc13)Oc1[nH]c(=O)c(C#N)c(N)c1C2c1ccccc1. The number of rotatable bonds is 3. The van der Waals surface area contributed by atoms with Crippen molar-refractivity contribution in [2.45, 2.75) is 10.8 Å². The van der Waals surface area contributed by atoms with E-state index in [1.807, 2.05) is 36.4 Å². The van der Waals surface area contributed by atoms with Gasteiger partial charge in [-0.05, 0) is 23.8 Å². The Morgan fingerprint density at radius 3 is 2.59 bits per heavy atom. The molecule has 3 N–H and O–H groups in total. The van der Waals surface area contributed by atoms with Crippen molar-refractivity contribution in [1.29, 1.82) is 5.26 Å². The number of nitrogens with one attached hydrogen (secondary N) is 1. The molecule has 0 fully saturated rings. The molecule has 0 aliphatic carbocycles. The molecule has 0 saturated heterocycles. The normalized spacial score (nSPS) is 14.8. The van der Waals surface area contributed by atoms with E-state index in [4.69, 9.17) is 10.5 Å². The Labute approximate surface area is 195 Å². The Morgan fingerprint density at radius 1 is 1.18 bits per heavy atom. The van der Waals surface area contributed by atoms with Gasteiger partial charge in [-0.2, -0.15) is 5.26 Å². The van der Waals surface area contributed by atoms with Gasteiger partial charge in [-0.25, -0.2) is 12.7 Å². The lowest BCUT2D eigenvalue weighted by Gasteiger charge is -2.31. The second-order valence-electron chi connectivity index (χ2n) is 8.02. The molecule has 0 radical (unpaired) electrons. The number of hydrogen-bond donors (Lipinski definition) is 2. The summed E-state index contributed by atoms with van der Waals surface area (Å²) in [5, 5.41) is 9.90. The van der Waals surface area contributed by atoms with Crippen LogP contribution >= 0.6 is 0 Å². The summed E-state index contributed by atoms with van der Waals surface area (Å²) in [4.78, 5) is 19.6. The molecule has 0 bridgehead atoms. The van der Waals surface area contributed by atoms with E-state index in [2.05, 4.69) is 9.97 Å². The summed E-state index contributed by atoms with van der Waals surface area (Å²) in [7, 11) is -0.938. The molecule has 1 aliphatic heterocycles. The monoisotopic (exact) mass is 473 g/mol. The fourth-order valence-electron chi connectivity index (χ4n) is 4.28. The summed E-state index contributed by atoms with van der Waals surface area (Å²) >= 11 is 0. The lowest BCUT2D eigenvalue weighted by Crippen LogP contribution is -2.25. The molecule has 4 aromatic rings. The van der Waals surface area contributed by atoms with Gasteiger partial charge >= 0.3 is 0 Å². The van der Waals surface area contributed by atoms with Crippen LogP contribution in [0.5, 0.6) is 11.6 Å². The van der Waals surface area contributed by atoms with E-state index in [9.17, 15) is 18.5 Å². The lowest BCUT2D eigenvalue weighted by atomic mass is 9.82. The molecular weight excluding hydrogens is 454 g/mol. The number of ether oxygens (including phenoxy) is 1. The van der Waals surface area contributed by atoms with Gasteiger partial charge in [0.1, 0.15) is 17.1 Å². The van der Waals surface area contributed by atoms with E-state index >= 15 is 0 Å². The van der Waals surface area contributed by atoms with Crippen molar-refractivity contribution in [2.75, 3.05) is 19.8 Å². The molecule has 1 aliphatic rings. The minimum Gasteiger partial charge on any atom is -0.438 e. The van der Waals surface area contributed by atoms with Gasteiger partial charge in [-0.15, -0.1) is 0 Å². The summed E-state index contributed by atoms with van der Waals surface area (Å²) in [5.41, 5.74) is 7.41. The van der Waals surface area contributed by atoms with Crippen molar-refractivity contribution in [3.05, 3.63) is 87.3 Å². The molecule has 1 atom stereocenters. The van der Waals surface area contributed by atoms with Gasteiger partial charge in [0.15, 0.2) is 5.75 Å². The van der Waals surface area contributed by atoms with Crippen LogP contribution in [0.1, 0.15) is 28.2 Å². The number of sulfonamides is 1. The number of nitrogens with two attached hydrogens (primary N) is 1. The number of nitrogens with zero attached hydrogens (tertiary/aromatic N) is 3. The fourth-order valence-corrected chi connectivity index (χ4v) is 5.39. The number of benzene rings is 2. The largest absolute Gasteiger partial charge is 0.438 e. The molecule has 0 saturated carbocycles. The van der Waals surface area contributed by atoms with Gasteiger partial charge in [0.25, 0.3) is 5.56 Å². The topological polar surface area (TPSA) is 142 Å². The minimum absolute atomic E-state index is 0.0149. The molecule has 0 spiro atoms. The van der Waals surface area contributed by atoms with E-state index in [1.54, 1.807) is 24.4 Å². The summed E-state index contributed by atoms with van der Waals surface area (Å²) in [6, 6.07) is 16.0. The zero-order chi connectivity index (χ0) is 24.2. The van der Waals surface area contributed by atoms with Crippen molar-refractivity contribution < 1.29 is 13.2 Å². The maximum absolute atomic E-state index is 13.3. The zero-order valence-corrected chi connectivity index (χ0v) is 19.1. The highest BCUT2D eigenvalue weighted by atomic mass is 32.2. The van der Waals surface area contributed by atoms with Crippen molar-refractivity contribution >= 4 is 26.6 Å². The fraction of sp³-hybridized carbons (Fsp3) is 0.125. The van der Waals surface area contributed by atoms with Gasteiger partial charge in [-0.1, -0.05) is 30.3 Å². The molecule has 0 amide bonds. The van der Waals surface area contributed by atoms with Gasteiger partial charge in [0.05, 0.1) is 10.6 Å². The van der Waals surface area contributed by atoms with Crippen LogP contribution in [-0.4, -0.2) is 36.8 Å². The first-order valence-electron chi connectivity index (χ1n) is 10.3. The van der Waals surface area contributed by atoms with Gasteiger partial charge in [-0.3, -0.25) is 14.8 Å². The summed E-state index contributed by atoms with van der Waals surface area (Å²) in [6.07, 6.45) is 1.54. The average molecular weight is 474 g/mol. The maximum Gasteiger partial charge on any atom is 0.270 e. The third kappa shape index (κ3) is 3.06. The Balaban J connectivity index is 1.95. The summed E-state index contributed by atoms with van der Waals surface area (Å²) in [5.74, 6) is -0.209. The van der Waals surface area contributed by atoms with Crippen molar-refractivity contribution in [3.8, 4) is 17.7 Å². The number of aromatic nitrogens is 2. The van der Waals surface area contributed by atoms with Crippen LogP contribution in [0.4, 0.5) is 5.69 Å². The van der Waals surface area contributed by atoms with E-state index in [0.29, 0.717) is 27.8 Å². The van der Waals surface area contributed by atoms with Crippen LogP contribution in [-0.2, 0) is 10.0 Å². The first-order chi connectivity index (χ1) is 16.3. The molecule has 170 valence electrons. The molecule has 1 unspecified atom stereocenters. The number of nitrogen functional groups attached to an aromatic ring is 1. The number of hydrogen-bond acceptors (Lipinski definition) is 7. The summed E-state index contributed by atoms with van der Waals surface area (Å²) in [6.45, 7) is 0. The van der Waals surface area contributed by atoms with Gasteiger partial charge in [0.2, 0.25) is 15.9 Å². The van der Waals surface area contributed by atoms with Crippen LogP contribution in [0.25, 0.3) is 10.9 Å². The standard InChI is InChI=1S/C24H19N5O4S/c1-29(2)34(31,32)17-11-15-18(13-7-4-3-5-8-13)19-20(26)16(12-25)23(30)28-24(19)33-22(15)21-14(17)9-6-10-27-21/h3-11,18H,1-2H3,(H3,26,28,30). The second-order valence-corrected chi connectivity index (χ2v) is 10.1. The van der Waals surface area contributed by atoms with E-state index in [-0.39, 0.29) is 22.0 Å². The van der Waals surface area contributed by atoms with Crippen LogP contribution in [0, 0.1) is 11.3 Å². The van der Waals surface area contributed by atoms with Crippen LogP contribution in [0.2, 0.25) is 0 Å². The molecule has 2 aromatic heterocycles. The predicted molar refractivity (Wildman–Crippen MR) is 126 cm³/mol. The Kier molecular flexibility index (Phi) is 4.89. The maximum atomic E-state index is 13.3. The first-order valence-corrected chi connectivity index (χ1v) is 11.7. The smallest absolute Gasteiger partial charge is 0.270 e. The Hall–Kier alpha value is -4.20. The van der Waals surface area contributed by atoms with Gasteiger partial charge < -0.3 is 10.5 Å². The average Bonchev–Trinajstić information content (AvgIpc) is 2.83. The van der Waals surface area contributed by atoms with Crippen molar-refractivity contribution in [3.63, 3.8) is 0 Å². The molecule has 9 nitrogen and oxygen atoms in total. The molecule has 3 heterocycles. The molecule has 2 aromatic carbocycles. The van der Waals surface area contributed by atoms with E-state index < -0.39 is 21.5 Å². The third-order valence-corrected chi connectivity index (χ3v) is 7.76. The van der Waals surface area contributed by atoms with Crippen LogP contribution in [0.3, 0.4) is 0 Å². The summed E-state index contributed by atoms with van der Waals surface area (Å²) < 4.78 is 33.8. The quantitative estimate of drug-likeness (QED) is 0.410. The van der Waals surface area contributed by atoms with E-state index in [1.165, 1.54) is 14.1 Å². The number of H-pyrrole nitrogens is 1. The molecule has 10 heteroatoms. The van der Waals surface area contributed by atoms with Gasteiger partial charge in [0, 0.05) is 42.7 Å². The highest BCUT2D eigenvalue weighted by molar-refractivity contribution is 7.89. The lowest BCUT2D eigenvalue weighted by molar-refractivity contribution is 0.436. The predicted octanol–water partition coefficient (Wildman–Crippen LogP) is 2.91. The zero-order valence-electron chi connectivity index (χ0n) is 18.2. The first kappa shape index (κ1) is 21.6. The number of nitriles is 1. The molecule has 34 heavy (non-hydrogen) atoms. The molecular formula is C24H19N5O4S. The van der Waals surface area contributed by atoms with Crippen LogP contribution < -0.4 is 16.0 Å². The second kappa shape index (κ2) is 7.69. The highest BCUT2D eigenvalue weighted by Gasteiger charge is 2.37. The number of fused-ring (bicyclic) bond motifs is 4. The third-order valence-electron chi connectivity index (χ3n) is 5.90. The molecule has 5 rings (SSSR count). The highest BCUT2D eigenvalue weighted by Crippen LogP contribution is 2.51. The van der Waals surface area contributed by atoms with Crippen molar-refractivity contribution in [1.82, 2.24) is 14.3 Å². The van der Waals surface area contributed by atoms with E-state index in [0.717, 1.165) is 9.87 Å².